The molecule has 4 rings (SSSR count). The zero-order valence-corrected chi connectivity index (χ0v) is 21.5. The molecule has 0 spiro atoms. The molecular formula is C29H35FN3O5+. The molecule has 2 aromatic carbocycles. The standard InChI is InChI=1S/C29H34FN3O5/c30-25-14-12-23(13-15-25)28(36)33(16-6-11-26(33)27(31)35)29(37)24(17-21-7-4-5-8-21)18-32(20-34)38-19-22-9-2-1-3-10-22/h1-3,9-10,12-15,20-21,24,26H,4-8,11,16-19H2,(H-,31,35)/p+1/t24?,26-,33?/m0/s1. The Morgan fingerprint density at radius 1 is 1.03 bits per heavy atom. The first-order chi connectivity index (χ1) is 18.3. The Labute approximate surface area is 222 Å². The van der Waals surface area contributed by atoms with Crippen LogP contribution in [-0.2, 0) is 25.8 Å². The molecule has 2 N–H and O–H groups in total. The number of nitrogens with zero attached hydrogens (tertiary/aromatic N) is 2. The second-order valence-electron chi connectivity index (χ2n) is 10.4. The number of imide groups is 1. The van der Waals surface area contributed by atoms with Crippen molar-refractivity contribution in [3.8, 4) is 0 Å². The van der Waals surface area contributed by atoms with Crippen LogP contribution in [0.15, 0.2) is 54.6 Å². The van der Waals surface area contributed by atoms with Crippen molar-refractivity contribution in [1.29, 1.82) is 0 Å². The molecule has 2 aromatic rings. The lowest BCUT2D eigenvalue weighted by atomic mass is 9.90. The van der Waals surface area contributed by atoms with Crippen molar-refractivity contribution >= 4 is 24.1 Å². The van der Waals surface area contributed by atoms with Crippen molar-refractivity contribution in [3.05, 3.63) is 71.5 Å². The van der Waals surface area contributed by atoms with Crippen LogP contribution in [0.3, 0.4) is 0 Å². The van der Waals surface area contributed by atoms with E-state index in [-0.39, 0.29) is 31.2 Å². The smallest absolute Gasteiger partial charge is 0.353 e. The molecule has 2 fully saturated rings. The van der Waals surface area contributed by atoms with E-state index < -0.39 is 40.0 Å². The summed E-state index contributed by atoms with van der Waals surface area (Å²) in [5, 5.41) is 1.11. The summed E-state index contributed by atoms with van der Waals surface area (Å²) >= 11 is 0. The van der Waals surface area contributed by atoms with Crippen molar-refractivity contribution in [2.24, 2.45) is 17.6 Å². The summed E-state index contributed by atoms with van der Waals surface area (Å²) in [6.07, 6.45) is 5.82. The third-order valence-electron chi connectivity index (χ3n) is 7.90. The Morgan fingerprint density at radius 3 is 2.34 bits per heavy atom. The van der Waals surface area contributed by atoms with Gasteiger partial charge in [0.2, 0.25) is 6.41 Å². The second kappa shape index (κ2) is 12.4. The van der Waals surface area contributed by atoms with Gasteiger partial charge in [0, 0.05) is 12.8 Å². The number of carbonyl (C=O) groups excluding carboxylic acids is 4. The first kappa shape index (κ1) is 27.6. The average Bonchev–Trinajstić information content (AvgIpc) is 3.61. The highest BCUT2D eigenvalue weighted by Gasteiger charge is 2.58. The molecule has 1 saturated carbocycles. The van der Waals surface area contributed by atoms with E-state index in [0.717, 1.165) is 48.4 Å². The zero-order chi connectivity index (χ0) is 27.1. The summed E-state index contributed by atoms with van der Waals surface area (Å²) in [6.45, 7) is 0.214. The monoisotopic (exact) mass is 524 g/mol. The lowest BCUT2D eigenvalue weighted by Crippen LogP contribution is -2.65. The third kappa shape index (κ3) is 6.00. The fourth-order valence-electron chi connectivity index (χ4n) is 6.00. The predicted octanol–water partition coefficient (Wildman–Crippen LogP) is 3.74. The number of hydrogen-bond donors (Lipinski definition) is 1. The fraction of sp³-hybridized carbons (Fsp3) is 0.448. The molecule has 2 unspecified atom stereocenters. The van der Waals surface area contributed by atoms with Crippen molar-refractivity contribution in [3.63, 3.8) is 0 Å². The van der Waals surface area contributed by atoms with E-state index in [2.05, 4.69) is 0 Å². The van der Waals surface area contributed by atoms with E-state index in [1.165, 1.54) is 12.1 Å². The van der Waals surface area contributed by atoms with E-state index in [0.29, 0.717) is 25.7 Å². The van der Waals surface area contributed by atoms with Gasteiger partial charge in [-0.3, -0.25) is 14.4 Å². The lowest BCUT2D eigenvalue weighted by Gasteiger charge is -2.37. The number of benzene rings is 2. The van der Waals surface area contributed by atoms with Gasteiger partial charge in [0.15, 0.2) is 6.04 Å². The van der Waals surface area contributed by atoms with E-state index >= 15 is 0 Å². The molecule has 0 aromatic heterocycles. The summed E-state index contributed by atoms with van der Waals surface area (Å²) in [5.41, 5.74) is 6.75. The first-order valence-electron chi connectivity index (χ1n) is 13.3. The number of hydroxylamine groups is 2. The highest BCUT2D eigenvalue weighted by molar-refractivity contribution is 5.99. The fourth-order valence-corrected chi connectivity index (χ4v) is 6.00. The van der Waals surface area contributed by atoms with Gasteiger partial charge < -0.3 is 5.73 Å². The maximum atomic E-state index is 14.4. The molecule has 9 heteroatoms. The van der Waals surface area contributed by atoms with Crippen molar-refractivity contribution in [1.82, 2.24) is 5.06 Å². The van der Waals surface area contributed by atoms with Crippen LogP contribution in [0.2, 0.25) is 0 Å². The van der Waals surface area contributed by atoms with Crippen LogP contribution in [0.25, 0.3) is 0 Å². The van der Waals surface area contributed by atoms with Gasteiger partial charge in [-0.15, -0.1) is 0 Å². The third-order valence-corrected chi connectivity index (χ3v) is 7.90. The van der Waals surface area contributed by atoms with Gasteiger partial charge in [-0.05, 0) is 42.2 Å². The maximum Gasteiger partial charge on any atom is 0.353 e. The normalized spacial score (nSPS) is 22.2. The average molecular weight is 525 g/mol. The Morgan fingerprint density at radius 2 is 1.71 bits per heavy atom. The van der Waals surface area contributed by atoms with Crippen LogP contribution in [0, 0.1) is 17.7 Å². The summed E-state index contributed by atoms with van der Waals surface area (Å²) < 4.78 is 12.9. The molecule has 1 aliphatic heterocycles. The summed E-state index contributed by atoms with van der Waals surface area (Å²) in [5.74, 6) is -2.73. The van der Waals surface area contributed by atoms with Crippen LogP contribution in [-0.4, -0.2) is 52.8 Å². The number of hydrogen-bond acceptors (Lipinski definition) is 5. The number of halogens is 1. The van der Waals surface area contributed by atoms with Crippen LogP contribution < -0.4 is 5.73 Å². The quantitative estimate of drug-likeness (QED) is 0.274. The SMILES string of the molecule is NC(=O)[C@@H]1CCC[N+]1(C(=O)c1ccc(F)cc1)C(=O)C(CC1CCCC1)CN(C=O)OCc1ccccc1. The van der Waals surface area contributed by atoms with Crippen LogP contribution in [0.4, 0.5) is 4.39 Å². The highest BCUT2D eigenvalue weighted by Crippen LogP contribution is 2.37. The van der Waals surface area contributed by atoms with Gasteiger partial charge >= 0.3 is 11.8 Å². The minimum absolute atomic E-state index is 0.0478. The number of quaternary nitrogens is 1. The highest BCUT2D eigenvalue weighted by atomic mass is 19.1. The van der Waals surface area contributed by atoms with Crippen LogP contribution >= 0.6 is 0 Å². The Balaban J connectivity index is 1.65. The van der Waals surface area contributed by atoms with Crippen LogP contribution in [0.5, 0.6) is 0 Å². The molecule has 1 heterocycles. The molecule has 1 saturated heterocycles. The van der Waals surface area contributed by atoms with Gasteiger partial charge in [-0.25, -0.2) is 19.0 Å². The second-order valence-corrected chi connectivity index (χ2v) is 10.4. The zero-order valence-electron chi connectivity index (χ0n) is 21.5. The van der Waals surface area contributed by atoms with Crippen molar-refractivity contribution in [2.45, 2.75) is 57.6 Å². The van der Waals surface area contributed by atoms with Gasteiger partial charge in [0.25, 0.3) is 5.91 Å². The molecule has 3 atom stereocenters. The molecule has 4 amide bonds. The number of likely N-dealkylation sites (tertiary alicyclic amines) is 1. The summed E-state index contributed by atoms with van der Waals surface area (Å²) in [6, 6.07) is 13.3. The molecule has 38 heavy (non-hydrogen) atoms. The number of amides is 4. The van der Waals surface area contributed by atoms with E-state index in [9.17, 15) is 23.6 Å². The largest absolute Gasteiger partial charge is 0.364 e. The minimum atomic E-state index is -1.03. The molecule has 2 aliphatic rings. The molecule has 0 radical (unpaired) electrons. The topological polar surface area (TPSA) is 107 Å². The van der Waals surface area contributed by atoms with E-state index in [1.807, 2.05) is 30.3 Å². The number of carbonyl (C=O) groups is 4. The predicted molar refractivity (Wildman–Crippen MR) is 137 cm³/mol. The van der Waals surface area contributed by atoms with Gasteiger partial charge in [-0.2, -0.15) is 4.48 Å². The van der Waals surface area contributed by atoms with E-state index in [1.54, 1.807) is 0 Å². The van der Waals surface area contributed by atoms with Crippen molar-refractivity contribution in [2.75, 3.05) is 13.1 Å². The molecule has 202 valence electrons. The molecule has 8 nitrogen and oxygen atoms in total. The van der Waals surface area contributed by atoms with E-state index in [4.69, 9.17) is 10.6 Å². The Bertz CT molecular complexity index is 1140. The molecule has 0 bridgehead atoms. The first-order valence-corrected chi connectivity index (χ1v) is 13.3. The van der Waals surface area contributed by atoms with Gasteiger partial charge in [-0.1, -0.05) is 56.0 Å². The number of rotatable bonds is 11. The molecule has 1 aliphatic carbocycles. The molecular weight excluding hydrogens is 489 g/mol. The van der Waals surface area contributed by atoms with Crippen LogP contribution in [0.1, 0.15) is 60.9 Å². The maximum absolute atomic E-state index is 14.4. The minimum Gasteiger partial charge on any atom is -0.364 e. The Hall–Kier alpha value is -3.43. The number of nitrogens with two attached hydrogens (primary N) is 1. The summed E-state index contributed by atoms with van der Waals surface area (Å²) in [7, 11) is 0. The van der Waals surface area contributed by atoms with Gasteiger partial charge in [0.1, 0.15) is 12.4 Å². The lowest BCUT2D eigenvalue weighted by molar-refractivity contribution is -0.777. The summed E-state index contributed by atoms with van der Waals surface area (Å²) in [4.78, 5) is 58.7. The number of primary amides is 1. The Kier molecular flexibility index (Phi) is 9.01. The van der Waals surface area contributed by atoms with Gasteiger partial charge in [0.05, 0.1) is 24.6 Å². The van der Waals surface area contributed by atoms with Crippen molar-refractivity contribution < 1.29 is 32.9 Å².